The lowest BCUT2D eigenvalue weighted by molar-refractivity contribution is -0.152. The molecule has 1 amide bonds. The fourth-order valence-corrected chi connectivity index (χ4v) is 3.11. The number of esters is 1. The third-order valence-electron chi connectivity index (χ3n) is 4.35. The average molecular weight is 293 g/mol. The fraction of sp³-hybridized carbons (Fsp3) is 0.765. The van der Waals surface area contributed by atoms with Crippen LogP contribution in [0.15, 0.2) is 12.2 Å². The Balaban J connectivity index is 1.92. The molecule has 4 nitrogen and oxygen atoms in total. The Kier molecular flexibility index (Phi) is 6.77. The highest BCUT2D eigenvalue weighted by Gasteiger charge is 2.34. The standard InChI is InChI=1S/C17H27NO3/c19-16-12-8-6-4-2-1-3-5-7-9-14-21-17(20)15-11-10-13-18(15)16/h7,9,15H,1-6,8,10-14H2/b9-7+/t15-/m0/s1. The maximum atomic E-state index is 12.2. The molecule has 0 saturated carbocycles. The van der Waals surface area contributed by atoms with Gasteiger partial charge < -0.3 is 9.64 Å². The van der Waals surface area contributed by atoms with Gasteiger partial charge in [-0.05, 0) is 32.1 Å². The Morgan fingerprint density at radius 2 is 1.71 bits per heavy atom. The van der Waals surface area contributed by atoms with Gasteiger partial charge >= 0.3 is 5.97 Å². The van der Waals surface area contributed by atoms with Gasteiger partial charge in [0.25, 0.3) is 0 Å². The first-order valence-electron chi connectivity index (χ1n) is 8.40. The Morgan fingerprint density at radius 1 is 0.952 bits per heavy atom. The zero-order chi connectivity index (χ0) is 14.9. The molecule has 0 radical (unpaired) electrons. The fourth-order valence-electron chi connectivity index (χ4n) is 3.11. The molecule has 0 aromatic rings. The van der Waals surface area contributed by atoms with E-state index in [9.17, 15) is 9.59 Å². The van der Waals surface area contributed by atoms with Crippen LogP contribution in [0.5, 0.6) is 0 Å². The van der Waals surface area contributed by atoms with Crippen molar-refractivity contribution in [3.05, 3.63) is 12.2 Å². The number of carbonyl (C=O) groups is 2. The van der Waals surface area contributed by atoms with Crippen molar-refractivity contribution >= 4 is 11.9 Å². The Morgan fingerprint density at radius 3 is 2.57 bits per heavy atom. The summed E-state index contributed by atoms with van der Waals surface area (Å²) < 4.78 is 5.29. The Hall–Kier alpha value is -1.32. The molecule has 0 spiro atoms. The van der Waals surface area contributed by atoms with Gasteiger partial charge in [-0.3, -0.25) is 4.79 Å². The number of carbonyl (C=O) groups excluding carboxylic acids is 2. The van der Waals surface area contributed by atoms with Gasteiger partial charge in [-0.2, -0.15) is 0 Å². The van der Waals surface area contributed by atoms with Crippen LogP contribution in [-0.4, -0.2) is 36.0 Å². The zero-order valence-electron chi connectivity index (χ0n) is 12.9. The molecule has 0 bridgehead atoms. The van der Waals surface area contributed by atoms with Gasteiger partial charge in [0.05, 0.1) is 0 Å². The second-order valence-electron chi connectivity index (χ2n) is 6.01. The molecule has 21 heavy (non-hydrogen) atoms. The van der Waals surface area contributed by atoms with Gasteiger partial charge in [0, 0.05) is 13.0 Å². The van der Waals surface area contributed by atoms with Gasteiger partial charge in [0.15, 0.2) is 0 Å². The Bertz CT molecular complexity index is 378. The second-order valence-corrected chi connectivity index (χ2v) is 6.01. The van der Waals surface area contributed by atoms with Crippen LogP contribution in [0.25, 0.3) is 0 Å². The van der Waals surface area contributed by atoms with Gasteiger partial charge in [0.1, 0.15) is 12.6 Å². The van der Waals surface area contributed by atoms with Gasteiger partial charge in [-0.25, -0.2) is 4.79 Å². The molecule has 2 aliphatic rings. The smallest absolute Gasteiger partial charge is 0.329 e. The minimum Gasteiger partial charge on any atom is -0.460 e. The molecule has 2 heterocycles. The van der Waals surface area contributed by atoms with Crippen molar-refractivity contribution < 1.29 is 14.3 Å². The highest BCUT2D eigenvalue weighted by atomic mass is 16.5. The number of hydrogen-bond acceptors (Lipinski definition) is 3. The van der Waals surface area contributed by atoms with Gasteiger partial charge in [-0.15, -0.1) is 0 Å². The molecular formula is C17H27NO3. The maximum Gasteiger partial charge on any atom is 0.329 e. The average Bonchev–Trinajstić information content (AvgIpc) is 2.96. The molecular weight excluding hydrogens is 266 g/mol. The summed E-state index contributed by atoms with van der Waals surface area (Å²) in [6, 6.07) is -0.348. The maximum absolute atomic E-state index is 12.2. The number of allylic oxidation sites excluding steroid dienone is 1. The van der Waals surface area contributed by atoms with Crippen LogP contribution < -0.4 is 0 Å². The monoisotopic (exact) mass is 293 g/mol. The first-order chi connectivity index (χ1) is 10.3. The van der Waals surface area contributed by atoms with Crippen molar-refractivity contribution in [2.24, 2.45) is 0 Å². The molecule has 2 rings (SSSR count). The van der Waals surface area contributed by atoms with Crippen LogP contribution >= 0.6 is 0 Å². The number of hydrogen-bond donors (Lipinski definition) is 0. The molecule has 1 atom stereocenters. The van der Waals surface area contributed by atoms with Crippen LogP contribution in [0, 0.1) is 0 Å². The van der Waals surface area contributed by atoms with Crippen molar-refractivity contribution in [3.8, 4) is 0 Å². The van der Waals surface area contributed by atoms with Crippen molar-refractivity contribution in [1.29, 1.82) is 0 Å². The van der Waals surface area contributed by atoms with E-state index in [2.05, 4.69) is 6.08 Å². The van der Waals surface area contributed by atoms with Crippen LogP contribution in [0.1, 0.15) is 64.2 Å². The molecule has 0 N–H and O–H groups in total. The van der Waals surface area contributed by atoms with E-state index in [0.29, 0.717) is 19.6 Å². The van der Waals surface area contributed by atoms with Gasteiger partial charge in [0.2, 0.25) is 5.91 Å². The van der Waals surface area contributed by atoms with Crippen LogP contribution in [0.2, 0.25) is 0 Å². The molecule has 0 aromatic heterocycles. The lowest BCUT2D eigenvalue weighted by Gasteiger charge is -2.23. The van der Waals surface area contributed by atoms with E-state index in [0.717, 1.165) is 32.1 Å². The lowest BCUT2D eigenvalue weighted by atomic mass is 10.1. The van der Waals surface area contributed by atoms with E-state index in [-0.39, 0.29) is 17.9 Å². The lowest BCUT2D eigenvalue weighted by Crippen LogP contribution is -2.41. The minimum atomic E-state index is -0.348. The third-order valence-corrected chi connectivity index (χ3v) is 4.35. The summed E-state index contributed by atoms with van der Waals surface area (Å²) in [7, 11) is 0. The molecule has 2 aliphatic heterocycles. The van der Waals surface area contributed by atoms with Crippen molar-refractivity contribution in [2.75, 3.05) is 13.2 Å². The highest BCUT2D eigenvalue weighted by molar-refractivity contribution is 5.85. The normalized spacial score (nSPS) is 28.0. The van der Waals surface area contributed by atoms with Crippen molar-refractivity contribution in [1.82, 2.24) is 4.90 Å². The minimum absolute atomic E-state index is 0.122. The molecule has 118 valence electrons. The SMILES string of the molecule is O=C1OC/C=C/CCCCCCCCC(=O)N2CCC[C@@H]12. The first-order valence-corrected chi connectivity index (χ1v) is 8.40. The number of ether oxygens (including phenoxy) is 1. The van der Waals surface area contributed by atoms with E-state index in [1.54, 1.807) is 4.90 Å². The summed E-state index contributed by atoms with van der Waals surface area (Å²) in [6.45, 7) is 1.03. The molecule has 1 saturated heterocycles. The highest BCUT2D eigenvalue weighted by Crippen LogP contribution is 2.21. The first kappa shape index (κ1) is 16.1. The predicted molar refractivity (Wildman–Crippen MR) is 81.8 cm³/mol. The summed E-state index contributed by atoms with van der Waals surface area (Å²) in [4.78, 5) is 26.1. The van der Waals surface area contributed by atoms with Crippen molar-refractivity contribution in [2.45, 2.75) is 70.3 Å². The summed E-state index contributed by atoms with van der Waals surface area (Å²) in [5.41, 5.74) is 0. The van der Waals surface area contributed by atoms with Crippen molar-refractivity contribution in [3.63, 3.8) is 0 Å². The number of fused-ring (bicyclic) bond motifs is 1. The summed E-state index contributed by atoms with van der Waals surface area (Å²) in [6.07, 6.45) is 14.3. The number of cyclic esters (lactones) is 1. The molecule has 1 fully saturated rings. The zero-order valence-corrected chi connectivity index (χ0v) is 12.9. The second kappa shape index (κ2) is 8.85. The summed E-state index contributed by atoms with van der Waals surface area (Å²) in [5.74, 6) is -0.116. The van der Waals surface area contributed by atoms with E-state index in [1.807, 2.05) is 6.08 Å². The van der Waals surface area contributed by atoms with Crippen LogP contribution in [0.4, 0.5) is 0 Å². The van der Waals surface area contributed by atoms with E-state index < -0.39 is 0 Å². The van der Waals surface area contributed by atoms with E-state index in [1.165, 1.54) is 25.7 Å². The summed E-state index contributed by atoms with van der Waals surface area (Å²) >= 11 is 0. The number of rotatable bonds is 0. The molecule has 0 aromatic carbocycles. The topological polar surface area (TPSA) is 46.6 Å². The van der Waals surface area contributed by atoms with E-state index in [4.69, 9.17) is 4.74 Å². The number of amides is 1. The number of nitrogens with zero attached hydrogens (tertiary/aromatic N) is 1. The van der Waals surface area contributed by atoms with Gasteiger partial charge in [-0.1, -0.05) is 37.8 Å². The van der Waals surface area contributed by atoms with Crippen LogP contribution in [-0.2, 0) is 14.3 Å². The molecule has 4 heteroatoms. The van der Waals surface area contributed by atoms with Crippen LogP contribution in [0.3, 0.4) is 0 Å². The Labute approximate surface area is 127 Å². The largest absolute Gasteiger partial charge is 0.460 e. The third kappa shape index (κ3) is 5.18. The predicted octanol–water partition coefficient (Wildman–Crippen LogP) is 3.21. The molecule has 0 unspecified atom stereocenters. The summed E-state index contributed by atoms with van der Waals surface area (Å²) in [5, 5.41) is 0. The quantitative estimate of drug-likeness (QED) is 0.509. The molecule has 0 aliphatic carbocycles. The van der Waals surface area contributed by atoms with E-state index >= 15 is 0 Å².